The third kappa shape index (κ3) is 5.59. The van der Waals surface area contributed by atoms with Gasteiger partial charge in [0.15, 0.2) is 6.10 Å². The van der Waals surface area contributed by atoms with Gasteiger partial charge < -0.3 is 10.1 Å². The van der Waals surface area contributed by atoms with Crippen LogP contribution in [0.25, 0.3) is 0 Å². The second kappa shape index (κ2) is 10.3. The van der Waals surface area contributed by atoms with Gasteiger partial charge >= 0.3 is 0 Å². The van der Waals surface area contributed by atoms with Gasteiger partial charge in [0, 0.05) is 13.1 Å². The van der Waals surface area contributed by atoms with Crippen LogP contribution in [0.3, 0.4) is 0 Å². The largest absolute Gasteiger partial charge is 0.481 e. The van der Waals surface area contributed by atoms with E-state index in [9.17, 15) is 4.79 Å². The van der Waals surface area contributed by atoms with E-state index < -0.39 is 6.10 Å². The maximum atomic E-state index is 12.6. The van der Waals surface area contributed by atoms with Crippen LogP contribution < -0.4 is 10.1 Å². The van der Waals surface area contributed by atoms with Crippen LogP contribution >= 0.6 is 0 Å². The fourth-order valence-electron chi connectivity index (χ4n) is 3.72. The molecule has 1 saturated heterocycles. The molecule has 150 valence electrons. The Morgan fingerprint density at radius 3 is 2.36 bits per heavy atom. The second-order valence-corrected chi connectivity index (χ2v) is 7.54. The van der Waals surface area contributed by atoms with E-state index in [1.807, 2.05) is 30.3 Å². The monoisotopic (exact) mass is 380 g/mol. The molecule has 0 saturated carbocycles. The van der Waals surface area contributed by atoms with Crippen LogP contribution in [0, 0.1) is 0 Å². The summed E-state index contributed by atoms with van der Waals surface area (Å²) in [5, 5.41) is 3.05. The maximum absolute atomic E-state index is 12.6. The van der Waals surface area contributed by atoms with Gasteiger partial charge in [-0.1, -0.05) is 55.8 Å². The van der Waals surface area contributed by atoms with E-state index >= 15 is 0 Å². The number of hydrogen-bond donors (Lipinski definition) is 1. The normalized spacial score (nSPS) is 15.8. The highest BCUT2D eigenvalue weighted by atomic mass is 16.5. The lowest BCUT2D eigenvalue weighted by Gasteiger charge is -2.27. The smallest absolute Gasteiger partial charge is 0.261 e. The molecule has 0 unspecified atom stereocenters. The zero-order chi connectivity index (χ0) is 19.8. The molecular formula is C24H32N2O2. The van der Waals surface area contributed by atoms with Gasteiger partial charge in [0.25, 0.3) is 5.91 Å². The molecule has 1 aliphatic rings. The Labute approximate surface area is 168 Å². The molecule has 0 aliphatic carbocycles. The highest BCUT2D eigenvalue weighted by Crippen LogP contribution is 2.20. The molecule has 1 atom stereocenters. The first-order valence-electron chi connectivity index (χ1n) is 10.5. The summed E-state index contributed by atoms with van der Waals surface area (Å²) in [6, 6.07) is 16.3. The van der Waals surface area contributed by atoms with Crippen molar-refractivity contribution >= 4 is 5.91 Å². The zero-order valence-corrected chi connectivity index (χ0v) is 17.1. The minimum Gasteiger partial charge on any atom is -0.481 e. The highest BCUT2D eigenvalue weighted by Gasteiger charge is 2.17. The summed E-state index contributed by atoms with van der Waals surface area (Å²) in [5.74, 6) is 0.705. The number of rotatable bonds is 8. The van der Waals surface area contributed by atoms with Crippen LogP contribution in [0.2, 0.25) is 0 Å². The van der Waals surface area contributed by atoms with Crippen molar-refractivity contribution in [3.05, 3.63) is 65.2 Å². The quantitative estimate of drug-likeness (QED) is 0.742. The summed E-state index contributed by atoms with van der Waals surface area (Å²) < 4.78 is 5.92. The molecule has 4 heteroatoms. The van der Waals surface area contributed by atoms with Crippen molar-refractivity contribution in [1.82, 2.24) is 10.2 Å². The van der Waals surface area contributed by atoms with Gasteiger partial charge in [-0.15, -0.1) is 0 Å². The van der Waals surface area contributed by atoms with E-state index in [4.69, 9.17) is 4.74 Å². The van der Waals surface area contributed by atoms with E-state index in [1.54, 1.807) is 6.92 Å². The Hall–Kier alpha value is -2.33. The zero-order valence-electron chi connectivity index (χ0n) is 17.1. The molecule has 4 nitrogen and oxygen atoms in total. The topological polar surface area (TPSA) is 41.6 Å². The van der Waals surface area contributed by atoms with Crippen molar-refractivity contribution < 1.29 is 9.53 Å². The number of likely N-dealkylation sites (tertiary alicyclic amines) is 1. The van der Waals surface area contributed by atoms with Crippen LogP contribution in [-0.2, 0) is 24.3 Å². The minimum absolute atomic E-state index is 0.0846. The number of para-hydroxylation sites is 1. The third-order valence-corrected chi connectivity index (χ3v) is 5.44. The van der Waals surface area contributed by atoms with E-state index in [-0.39, 0.29) is 5.91 Å². The average molecular weight is 381 g/mol. The van der Waals surface area contributed by atoms with Gasteiger partial charge in [-0.2, -0.15) is 0 Å². The molecule has 0 aromatic heterocycles. The SMILES string of the molecule is CCc1ccccc1O[C@H](C)C(=O)NCc1ccccc1CN1CCCCC1. The molecule has 0 bridgehead atoms. The molecule has 0 spiro atoms. The van der Waals surface area contributed by atoms with Crippen LogP contribution in [0.5, 0.6) is 5.75 Å². The number of benzene rings is 2. The number of piperidine rings is 1. The Morgan fingerprint density at radius 1 is 1.00 bits per heavy atom. The van der Waals surface area contributed by atoms with Crippen molar-refractivity contribution in [3.63, 3.8) is 0 Å². The molecule has 3 rings (SSSR count). The van der Waals surface area contributed by atoms with Gasteiger partial charge in [0.2, 0.25) is 0 Å². The average Bonchev–Trinajstić information content (AvgIpc) is 2.74. The highest BCUT2D eigenvalue weighted by molar-refractivity contribution is 5.80. The maximum Gasteiger partial charge on any atom is 0.261 e. The lowest BCUT2D eigenvalue weighted by molar-refractivity contribution is -0.127. The number of amides is 1. The Kier molecular flexibility index (Phi) is 7.49. The molecule has 2 aromatic rings. The molecule has 1 fully saturated rings. The number of carbonyl (C=O) groups excluding carboxylic acids is 1. The van der Waals surface area contributed by atoms with Gasteiger partial charge in [-0.05, 0) is 62.0 Å². The fraction of sp³-hybridized carbons (Fsp3) is 0.458. The molecule has 1 aliphatic heterocycles. The number of aryl methyl sites for hydroxylation is 1. The van der Waals surface area contributed by atoms with Crippen molar-refractivity contribution in [2.24, 2.45) is 0 Å². The Bertz CT molecular complexity index is 769. The summed E-state index contributed by atoms with van der Waals surface area (Å²) >= 11 is 0. The molecule has 1 heterocycles. The first kappa shape index (κ1) is 20.4. The van der Waals surface area contributed by atoms with Gasteiger partial charge in [0.1, 0.15) is 5.75 Å². The van der Waals surface area contributed by atoms with E-state index in [0.29, 0.717) is 6.54 Å². The van der Waals surface area contributed by atoms with E-state index in [1.165, 1.54) is 43.5 Å². The summed E-state index contributed by atoms with van der Waals surface area (Å²) in [7, 11) is 0. The van der Waals surface area contributed by atoms with Gasteiger partial charge in [0.05, 0.1) is 0 Å². The van der Waals surface area contributed by atoms with Crippen LogP contribution in [0.4, 0.5) is 0 Å². The Morgan fingerprint density at radius 2 is 1.64 bits per heavy atom. The summed E-state index contributed by atoms with van der Waals surface area (Å²) in [6.07, 6.45) is 4.27. The summed E-state index contributed by atoms with van der Waals surface area (Å²) in [4.78, 5) is 15.1. The fourth-order valence-corrected chi connectivity index (χ4v) is 3.72. The predicted octanol–water partition coefficient (Wildman–Crippen LogP) is 4.32. The number of nitrogens with zero attached hydrogens (tertiary/aromatic N) is 1. The van der Waals surface area contributed by atoms with E-state index in [0.717, 1.165) is 24.3 Å². The Balaban J connectivity index is 1.56. The van der Waals surface area contributed by atoms with Gasteiger partial charge in [-0.25, -0.2) is 0 Å². The van der Waals surface area contributed by atoms with Crippen LogP contribution in [0.1, 0.15) is 49.8 Å². The first-order chi connectivity index (χ1) is 13.7. The molecule has 2 aromatic carbocycles. The number of nitrogens with one attached hydrogen (secondary N) is 1. The van der Waals surface area contributed by atoms with Crippen LogP contribution in [-0.4, -0.2) is 30.0 Å². The molecule has 0 radical (unpaired) electrons. The lowest BCUT2D eigenvalue weighted by atomic mass is 10.0. The van der Waals surface area contributed by atoms with Crippen LogP contribution in [0.15, 0.2) is 48.5 Å². The number of ether oxygens (including phenoxy) is 1. The van der Waals surface area contributed by atoms with Gasteiger partial charge in [-0.3, -0.25) is 9.69 Å². The first-order valence-corrected chi connectivity index (χ1v) is 10.5. The number of hydrogen-bond acceptors (Lipinski definition) is 3. The lowest BCUT2D eigenvalue weighted by Crippen LogP contribution is -2.36. The van der Waals surface area contributed by atoms with Crippen molar-refractivity contribution in [1.29, 1.82) is 0 Å². The molecule has 1 amide bonds. The predicted molar refractivity (Wildman–Crippen MR) is 113 cm³/mol. The number of carbonyl (C=O) groups is 1. The third-order valence-electron chi connectivity index (χ3n) is 5.44. The minimum atomic E-state index is -0.526. The summed E-state index contributed by atoms with van der Waals surface area (Å²) in [6.45, 7) is 7.73. The summed E-state index contributed by atoms with van der Waals surface area (Å²) in [5.41, 5.74) is 3.60. The van der Waals surface area contributed by atoms with Crippen molar-refractivity contribution in [3.8, 4) is 5.75 Å². The standard InChI is InChI=1S/C24H32N2O2/c1-3-20-11-7-8-14-23(20)28-19(2)24(27)25-17-21-12-5-6-13-22(21)18-26-15-9-4-10-16-26/h5-8,11-14,19H,3-4,9-10,15-18H2,1-2H3,(H,25,27)/t19-/m1/s1. The molecular weight excluding hydrogens is 348 g/mol. The molecule has 28 heavy (non-hydrogen) atoms. The molecule has 1 N–H and O–H groups in total. The van der Waals surface area contributed by atoms with E-state index in [2.05, 4.69) is 35.3 Å². The van der Waals surface area contributed by atoms with Crippen molar-refractivity contribution in [2.45, 2.75) is 58.7 Å². The van der Waals surface area contributed by atoms with Crippen molar-refractivity contribution in [2.75, 3.05) is 13.1 Å². The second-order valence-electron chi connectivity index (χ2n) is 7.54.